The van der Waals surface area contributed by atoms with Crippen LogP contribution in [0.3, 0.4) is 0 Å². The number of rotatable bonds is 5. The average Bonchev–Trinajstić information content (AvgIpc) is 2.41. The van der Waals surface area contributed by atoms with Gasteiger partial charge in [0.2, 0.25) is 0 Å². The first-order chi connectivity index (χ1) is 9.58. The first-order valence-corrected chi connectivity index (χ1v) is 7.64. The van der Waals surface area contributed by atoms with Crippen LogP contribution in [0.15, 0.2) is 46.9 Å². The molecule has 0 aliphatic carbocycles. The molecule has 0 heterocycles. The summed E-state index contributed by atoms with van der Waals surface area (Å²) in [5.74, 6) is 0.0374. The molecule has 2 rings (SSSR count). The van der Waals surface area contributed by atoms with Crippen LogP contribution in [-0.4, -0.2) is 6.54 Å². The summed E-state index contributed by atoms with van der Waals surface area (Å²) in [6, 6.07) is 12.5. The van der Waals surface area contributed by atoms with Gasteiger partial charge in [-0.25, -0.2) is 4.39 Å². The lowest BCUT2D eigenvalue weighted by Gasteiger charge is -2.16. The Morgan fingerprint density at radius 1 is 1.15 bits per heavy atom. The van der Waals surface area contributed by atoms with Crippen molar-refractivity contribution in [2.75, 3.05) is 6.54 Å². The Morgan fingerprint density at radius 3 is 2.60 bits per heavy atom. The van der Waals surface area contributed by atoms with Gasteiger partial charge in [-0.15, -0.1) is 0 Å². The summed E-state index contributed by atoms with van der Waals surface area (Å²) in [5, 5.41) is 0.733. The average molecular weight is 357 g/mol. The van der Waals surface area contributed by atoms with Gasteiger partial charge in [0.25, 0.3) is 0 Å². The maximum Gasteiger partial charge on any atom is 0.123 e. The third-order valence-corrected chi connectivity index (χ3v) is 4.12. The minimum atomic E-state index is -0.208. The van der Waals surface area contributed by atoms with Gasteiger partial charge in [0, 0.05) is 9.50 Å². The van der Waals surface area contributed by atoms with Gasteiger partial charge in [0.15, 0.2) is 0 Å². The Morgan fingerprint density at radius 2 is 1.95 bits per heavy atom. The molecule has 1 nitrogen and oxygen atoms in total. The zero-order chi connectivity index (χ0) is 14.5. The van der Waals surface area contributed by atoms with E-state index in [2.05, 4.69) is 15.9 Å². The van der Waals surface area contributed by atoms with Crippen LogP contribution in [0.4, 0.5) is 4.39 Å². The molecule has 106 valence electrons. The summed E-state index contributed by atoms with van der Waals surface area (Å²) in [6.07, 6.45) is 1.54. The molecule has 0 saturated carbocycles. The smallest absolute Gasteiger partial charge is 0.123 e. The fourth-order valence-corrected chi connectivity index (χ4v) is 2.98. The molecular weight excluding hydrogens is 341 g/mol. The molecule has 2 aromatic rings. The monoisotopic (exact) mass is 355 g/mol. The maximum absolute atomic E-state index is 13.2. The fraction of sp³-hybridized carbons (Fsp3) is 0.250. The van der Waals surface area contributed by atoms with Gasteiger partial charge in [-0.3, -0.25) is 0 Å². The summed E-state index contributed by atoms with van der Waals surface area (Å²) in [4.78, 5) is 0. The van der Waals surface area contributed by atoms with Crippen molar-refractivity contribution in [2.24, 2.45) is 11.7 Å². The summed E-state index contributed by atoms with van der Waals surface area (Å²) < 4.78 is 14.2. The SMILES string of the molecule is NCC(Cc1cccc(F)c1)Cc1ccc(Br)cc1Cl. The van der Waals surface area contributed by atoms with Gasteiger partial charge in [-0.2, -0.15) is 0 Å². The Balaban J connectivity index is 2.09. The third-order valence-electron chi connectivity index (χ3n) is 3.27. The topological polar surface area (TPSA) is 26.0 Å². The van der Waals surface area contributed by atoms with Crippen LogP contribution in [-0.2, 0) is 12.8 Å². The van der Waals surface area contributed by atoms with Crippen LogP contribution in [0.1, 0.15) is 11.1 Å². The van der Waals surface area contributed by atoms with Gasteiger partial charge in [-0.05, 0) is 60.7 Å². The van der Waals surface area contributed by atoms with Crippen LogP contribution in [0.25, 0.3) is 0 Å². The van der Waals surface area contributed by atoms with Crippen molar-refractivity contribution in [3.8, 4) is 0 Å². The Bertz CT molecular complexity index is 588. The normalized spacial score (nSPS) is 12.4. The Hall–Kier alpha value is -0.900. The summed E-state index contributed by atoms with van der Waals surface area (Å²) in [7, 11) is 0. The molecule has 0 radical (unpaired) electrons. The number of benzene rings is 2. The molecule has 2 N–H and O–H groups in total. The highest BCUT2D eigenvalue weighted by atomic mass is 79.9. The predicted octanol–water partition coefficient (Wildman–Crippen LogP) is 4.60. The number of hydrogen-bond acceptors (Lipinski definition) is 1. The quantitative estimate of drug-likeness (QED) is 0.832. The van der Waals surface area contributed by atoms with Gasteiger partial charge in [0.1, 0.15) is 5.82 Å². The van der Waals surface area contributed by atoms with E-state index in [9.17, 15) is 4.39 Å². The Kier molecular flexibility index (Phi) is 5.58. The molecule has 2 aromatic carbocycles. The highest BCUT2D eigenvalue weighted by molar-refractivity contribution is 9.10. The second-order valence-electron chi connectivity index (χ2n) is 4.88. The lowest BCUT2D eigenvalue weighted by molar-refractivity contribution is 0.530. The summed E-state index contributed by atoms with van der Waals surface area (Å²) in [5.41, 5.74) is 7.88. The number of halogens is 3. The minimum Gasteiger partial charge on any atom is -0.330 e. The molecule has 1 unspecified atom stereocenters. The van der Waals surface area contributed by atoms with E-state index in [-0.39, 0.29) is 11.7 Å². The number of nitrogens with two attached hydrogens (primary N) is 1. The van der Waals surface area contributed by atoms with Gasteiger partial charge in [0.05, 0.1) is 0 Å². The van der Waals surface area contributed by atoms with E-state index in [4.69, 9.17) is 17.3 Å². The largest absolute Gasteiger partial charge is 0.330 e. The van der Waals surface area contributed by atoms with E-state index in [0.717, 1.165) is 33.5 Å². The Labute approximate surface area is 132 Å². The van der Waals surface area contributed by atoms with E-state index in [1.165, 1.54) is 6.07 Å². The molecular formula is C16H16BrClFN. The lowest BCUT2D eigenvalue weighted by Crippen LogP contribution is -2.19. The molecule has 0 saturated heterocycles. The third kappa shape index (κ3) is 4.30. The van der Waals surface area contributed by atoms with E-state index in [1.807, 2.05) is 24.3 Å². The van der Waals surface area contributed by atoms with Gasteiger partial charge >= 0.3 is 0 Å². The van der Waals surface area contributed by atoms with Crippen LogP contribution in [0.5, 0.6) is 0 Å². The zero-order valence-electron chi connectivity index (χ0n) is 11.0. The molecule has 0 aliphatic rings. The first kappa shape index (κ1) is 15.5. The predicted molar refractivity (Wildman–Crippen MR) is 85.5 cm³/mol. The second kappa shape index (κ2) is 7.21. The van der Waals surface area contributed by atoms with Gasteiger partial charge in [-0.1, -0.05) is 45.7 Å². The molecule has 20 heavy (non-hydrogen) atoms. The summed E-state index contributed by atoms with van der Waals surface area (Å²) >= 11 is 9.62. The minimum absolute atomic E-state index is 0.208. The molecule has 0 aliphatic heterocycles. The fourth-order valence-electron chi connectivity index (χ4n) is 2.23. The van der Waals surface area contributed by atoms with Crippen molar-refractivity contribution < 1.29 is 4.39 Å². The van der Waals surface area contributed by atoms with Crippen molar-refractivity contribution in [3.63, 3.8) is 0 Å². The molecule has 0 amide bonds. The zero-order valence-corrected chi connectivity index (χ0v) is 13.3. The molecule has 0 aromatic heterocycles. The van der Waals surface area contributed by atoms with Crippen molar-refractivity contribution in [2.45, 2.75) is 12.8 Å². The van der Waals surface area contributed by atoms with Crippen LogP contribution in [0.2, 0.25) is 5.02 Å². The maximum atomic E-state index is 13.2. The van der Waals surface area contributed by atoms with Crippen molar-refractivity contribution in [1.82, 2.24) is 0 Å². The van der Waals surface area contributed by atoms with E-state index in [1.54, 1.807) is 12.1 Å². The number of hydrogen-bond donors (Lipinski definition) is 1. The van der Waals surface area contributed by atoms with Crippen molar-refractivity contribution in [1.29, 1.82) is 0 Å². The van der Waals surface area contributed by atoms with E-state index in [0.29, 0.717) is 6.54 Å². The van der Waals surface area contributed by atoms with E-state index >= 15 is 0 Å². The van der Waals surface area contributed by atoms with Crippen LogP contribution >= 0.6 is 27.5 Å². The van der Waals surface area contributed by atoms with Gasteiger partial charge < -0.3 is 5.73 Å². The molecule has 1 atom stereocenters. The van der Waals surface area contributed by atoms with E-state index < -0.39 is 0 Å². The molecule has 4 heteroatoms. The highest BCUT2D eigenvalue weighted by Crippen LogP contribution is 2.24. The van der Waals surface area contributed by atoms with Crippen molar-refractivity contribution in [3.05, 3.63) is 68.9 Å². The molecule has 0 spiro atoms. The second-order valence-corrected chi connectivity index (χ2v) is 6.20. The molecule has 0 bridgehead atoms. The highest BCUT2D eigenvalue weighted by Gasteiger charge is 2.12. The van der Waals surface area contributed by atoms with Crippen molar-refractivity contribution >= 4 is 27.5 Å². The molecule has 0 fully saturated rings. The standard InChI is InChI=1S/C16H16BrClFN/c17-14-5-4-13(16(18)9-14)7-12(10-20)6-11-2-1-3-15(19)8-11/h1-5,8-9,12H,6-7,10,20H2. The van der Waals surface area contributed by atoms with Crippen LogP contribution in [0, 0.1) is 11.7 Å². The summed E-state index contributed by atoms with van der Waals surface area (Å²) in [6.45, 7) is 0.545. The first-order valence-electron chi connectivity index (χ1n) is 6.47. The van der Waals surface area contributed by atoms with Crippen LogP contribution < -0.4 is 5.73 Å². The lowest BCUT2D eigenvalue weighted by atomic mass is 9.92.